The third-order valence-corrected chi connectivity index (χ3v) is 2.84. The summed E-state index contributed by atoms with van der Waals surface area (Å²) in [5.41, 5.74) is 8.63. The monoisotopic (exact) mass is 257 g/mol. The van der Waals surface area contributed by atoms with Crippen LogP contribution in [0.5, 0.6) is 5.75 Å². The molecule has 0 atom stereocenters. The Labute approximate surface area is 113 Å². The molecule has 0 aliphatic rings. The number of ether oxygens (including phenoxy) is 1. The molecule has 100 valence electrons. The van der Waals surface area contributed by atoms with Gasteiger partial charge in [0, 0.05) is 18.2 Å². The maximum absolute atomic E-state index is 5.54. The van der Waals surface area contributed by atoms with Gasteiger partial charge in [0.25, 0.3) is 0 Å². The Kier molecular flexibility index (Phi) is 4.47. The van der Waals surface area contributed by atoms with Gasteiger partial charge < -0.3 is 10.5 Å². The Bertz CT molecular complexity index is 555. The summed E-state index contributed by atoms with van der Waals surface area (Å²) in [4.78, 5) is 8.73. The predicted molar refractivity (Wildman–Crippen MR) is 76.1 cm³/mol. The Morgan fingerprint density at radius 3 is 2.79 bits per heavy atom. The minimum atomic E-state index is 0.561. The molecule has 0 aliphatic carbocycles. The first-order valence-electron chi connectivity index (χ1n) is 6.50. The average molecular weight is 257 g/mol. The molecule has 4 heteroatoms. The normalized spacial score (nSPS) is 10.5. The zero-order valence-corrected chi connectivity index (χ0v) is 11.4. The van der Waals surface area contributed by atoms with Crippen LogP contribution in [0.1, 0.15) is 18.3 Å². The summed E-state index contributed by atoms with van der Waals surface area (Å²) in [7, 11) is 0. The van der Waals surface area contributed by atoms with Crippen molar-refractivity contribution in [3.63, 3.8) is 0 Å². The molecule has 0 spiro atoms. The molecule has 0 radical (unpaired) electrons. The second-order valence-corrected chi connectivity index (χ2v) is 4.31. The lowest BCUT2D eigenvalue weighted by atomic mass is 10.1. The van der Waals surface area contributed by atoms with Crippen LogP contribution in [0, 0.1) is 6.92 Å². The maximum atomic E-state index is 5.54. The fourth-order valence-electron chi connectivity index (χ4n) is 1.94. The summed E-state index contributed by atoms with van der Waals surface area (Å²) in [5, 5.41) is 0. The predicted octanol–water partition coefficient (Wildman–Crippen LogP) is 2.35. The molecule has 2 N–H and O–H groups in total. The highest BCUT2D eigenvalue weighted by atomic mass is 16.5. The van der Waals surface area contributed by atoms with Crippen LogP contribution < -0.4 is 10.5 Å². The lowest BCUT2D eigenvalue weighted by molar-refractivity contribution is 0.338. The first-order chi connectivity index (χ1) is 9.24. The third-order valence-electron chi connectivity index (χ3n) is 2.84. The van der Waals surface area contributed by atoms with Crippen LogP contribution in [-0.4, -0.2) is 23.1 Å². The van der Waals surface area contributed by atoms with Crippen molar-refractivity contribution in [2.75, 3.05) is 13.2 Å². The minimum absolute atomic E-state index is 0.561. The molecular weight excluding hydrogens is 238 g/mol. The van der Waals surface area contributed by atoms with E-state index in [-0.39, 0.29) is 0 Å². The van der Waals surface area contributed by atoms with Gasteiger partial charge in [-0.15, -0.1) is 0 Å². The number of benzene rings is 1. The fraction of sp³-hybridized carbons (Fsp3) is 0.333. The van der Waals surface area contributed by atoms with Crippen molar-refractivity contribution in [3.05, 3.63) is 41.9 Å². The number of nitrogens with zero attached hydrogens (tertiary/aromatic N) is 2. The van der Waals surface area contributed by atoms with Gasteiger partial charge in [-0.05, 0) is 50.2 Å². The molecule has 0 fully saturated rings. The highest BCUT2D eigenvalue weighted by molar-refractivity contribution is 5.61. The molecule has 19 heavy (non-hydrogen) atoms. The van der Waals surface area contributed by atoms with Crippen molar-refractivity contribution < 1.29 is 4.74 Å². The van der Waals surface area contributed by atoms with Crippen LogP contribution >= 0.6 is 0 Å². The number of aryl methyl sites for hydroxylation is 1. The van der Waals surface area contributed by atoms with Crippen molar-refractivity contribution >= 4 is 0 Å². The summed E-state index contributed by atoms with van der Waals surface area (Å²) < 4.78 is 5.54. The van der Waals surface area contributed by atoms with Gasteiger partial charge in [-0.3, -0.25) is 0 Å². The van der Waals surface area contributed by atoms with Gasteiger partial charge in [-0.2, -0.15) is 0 Å². The lowest BCUT2D eigenvalue weighted by Gasteiger charge is -2.09. The molecule has 1 aromatic carbocycles. The Morgan fingerprint density at radius 2 is 2.11 bits per heavy atom. The SMILES string of the molecule is CCOc1ccc(-c2ccnc(CCN)n2)cc1C. The Hall–Kier alpha value is -1.94. The average Bonchev–Trinajstić information content (AvgIpc) is 2.42. The Balaban J connectivity index is 2.31. The summed E-state index contributed by atoms with van der Waals surface area (Å²) in [6, 6.07) is 8.00. The third kappa shape index (κ3) is 3.29. The van der Waals surface area contributed by atoms with Crippen LogP contribution in [0.4, 0.5) is 0 Å². The zero-order valence-electron chi connectivity index (χ0n) is 11.4. The molecule has 4 nitrogen and oxygen atoms in total. The second kappa shape index (κ2) is 6.29. The molecule has 0 saturated heterocycles. The molecular formula is C15H19N3O. The standard InChI is InChI=1S/C15H19N3O/c1-3-19-14-5-4-12(10-11(14)2)13-7-9-17-15(18-13)6-8-16/h4-5,7,9-10H,3,6,8,16H2,1-2H3. The molecule has 0 saturated carbocycles. The number of hydrogen-bond acceptors (Lipinski definition) is 4. The van der Waals surface area contributed by atoms with E-state index in [0.717, 1.165) is 28.4 Å². The summed E-state index contributed by atoms with van der Waals surface area (Å²) in [6.07, 6.45) is 2.48. The minimum Gasteiger partial charge on any atom is -0.494 e. The van der Waals surface area contributed by atoms with Crippen LogP contribution in [0.25, 0.3) is 11.3 Å². The maximum Gasteiger partial charge on any atom is 0.130 e. The lowest BCUT2D eigenvalue weighted by Crippen LogP contribution is -2.06. The zero-order chi connectivity index (χ0) is 13.7. The summed E-state index contributed by atoms with van der Waals surface area (Å²) in [5.74, 6) is 1.70. The molecule has 0 amide bonds. The molecule has 0 bridgehead atoms. The fourth-order valence-corrected chi connectivity index (χ4v) is 1.94. The van der Waals surface area contributed by atoms with E-state index in [9.17, 15) is 0 Å². The van der Waals surface area contributed by atoms with Crippen LogP contribution in [0.3, 0.4) is 0 Å². The van der Waals surface area contributed by atoms with E-state index in [1.165, 1.54) is 0 Å². The van der Waals surface area contributed by atoms with Crippen molar-refractivity contribution in [1.82, 2.24) is 9.97 Å². The quantitative estimate of drug-likeness (QED) is 0.893. The van der Waals surface area contributed by atoms with Gasteiger partial charge in [-0.25, -0.2) is 9.97 Å². The Morgan fingerprint density at radius 1 is 1.26 bits per heavy atom. The van der Waals surface area contributed by atoms with E-state index in [1.54, 1.807) is 6.20 Å². The van der Waals surface area contributed by atoms with E-state index in [0.29, 0.717) is 19.6 Å². The number of hydrogen-bond donors (Lipinski definition) is 1. The summed E-state index contributed by atoms with van der Waals surface area (Å²) in [6.45, 7) is 5.26. The van der Waals surface area contributed by atoms with Crippen LogP contribution in [0.2, 0.25) is 0 Å². The second-order valence-electron chi connectivity index (χ2n) is 4.31. The van der Waals surface area contributed by atoms with Gasteiger partial charge in [0.1, 0.15) is 11.6 Å². The first-order valence-corrected chi connectivity index (χ1v) is 6.50. The van der Waals surface area contributed by atoms with Gasteiger partial charge in [0.2, 0.25) is 0 Å². The highest BCUT2D eigenvalue weighted by Crippen LogP contribution is 2.24. The number of nitrogens with two attached hydrogens (primary N) is 1. The summed E-state index contributed by atoms with van der Waals surface area (Å²) >= 11 is 0. The van der Waals surface area contributed by atoms with E-state index in [1.807, 2.05) is 32.0 Å². The van der Waals surface area contributed by atoms with Crippen molar-refractivity contribution in [2.24, 2.45) is 5.73 Å². The van der Waals surface area contributed by atoms with Gasteiger partial charge >= 0.3 is 0 Å². The van der Waals surface area contributed by atoms with Gasteiger partial charge in [-0.1, -0.05) is 0 Å². The number of rotatable bonds is 5. The molecule has 1 heterocycles. The molecule has 0 unspecified atom stereocenters. The first kappa shape index (κ1) is 13.5. The highest BCUT2D eigenvalue weighted by Gasteiger charge is 2.05. The van der Waals surface area contributed by atoms with Gasteiger partial charge in [0.05, 0.1) is 12.3 Å². The van der Waals surface area contributed by atoms with Crippen molar-refractivity contribution in [3.8, 4) is 17.0 Å². The van der Waals surface area contributed by atoms with Crippen LogP contribution in [-0.2, 0) is 6.42 Å². The van der Waals surface area contributed by atoms with E-state index in [2.05, 4.69) is 16.0 Å². The van der Waals surface area contributed by atoms with Crippen molar-refractivity contribution in [2.45, 2.75) is 20.3 Å². The van der Waals surface area contributed by atoms with Crippen LogP contribution in [0.15, 0.2) is 30.5 Å². The molecule has 2 aromatic rings. The van der Waals surface area contributed by atoms with E-state index >= 15 is 0 Å². The van der Waals surface area contributed by atoms with Gasteiger partial charge in [0.15, 0.2) is 0 Å². The van der Waals surface area contributed by atoms with E-state index in [4.69, 9.17) is 10.5 Å². The molecule has 0 aliphatic heterocycles. The van der Waals surface area contributed by atoms with E-state index < -0.39 is 0 Å². The molecule has 2 rings (SSSR count). The topological polar surface area (TPSA) is 61.0 Å². The molecule has 1 aromatic heterocycles. The number of aromatic nitrogens is 2. The smallest absolute Gasteiger partial charge is 0.130 e. The largest absolute Gasteiger partial charge is 0.494 e. The van der Waals surface area contributed by atoms with Crippen molar-refractivity contribution in [1.29, 1.82) is 0 Å².